The van der Waals surface area contributed by atoms with Crippen LogP contribution in [0.15, 0.2) is 24.3 Å². The van der Waals surface area contributed by atoms with Crippen LogP contribution in [0.1, 0.15) is 24.2 Å². The molecule has 0 unspecified atom stereocenters. The van der Waals surface area contributed by atoms with E-state index in [0.717, 1.165) is 5.56 Å². The molecule has 4 heteroatoms. The van der Waals surface area contributed by atoms with Gasteiger partial charge in [-0.2, -0.15) is 5.26 Å². The molecule has 0 N–H and O–H groups in total. The number of nitriles is 1. The van der Waals surface area contributed by atoms with E-state index in [0.29, 0.717) is 5.56 Å². The molecule has 1 atom stereocenters. The van der Waals surface area contributed by atoms with Crippen molar-refractivity contribution < 1.29 is 14.3 Å². The quantitative estimate of drug-likeness (QED) is 0.733. The highest BCUT2D eigenvalue weighted by atomic mass is 16.7. The first-order valence-corrected chi connectivity index (χ1v) is 4.97. The van der Waals surface area contributed by atoms with Gasteiger partial charge in [0.25, 0.3) is 0 Å². The Balaban J connectivity index is 2.76. The monoisotopic (exact) mass is 219 g/mol. The topological polar surface area (TPSA) is 59.3 Å². The second-order valence-electron chi connectivity index (χ2n) is 3.22. The van der Waals surface area contributed by atoms with Crippen LogP contribution in [-0.4, -0.2) is 12.8 Å². The number of carbonyl (C=O) groups is 1. The van der Waals surface area contributed by atoms with Gasteiger partial charge in [0.05, 0.1) is 6.61 Å². The van der Waals surface area contributed by atoms with Crippen molar-refractivity contribution in [3.8, 4) is 6.07 Å². The molecule has 1 aromatic carbocycles. The largest absolute Gasteiger partial charge is 0.509 e. The number of hydrogen-bond acceptors (Lipinski definition) is 4. The van der Waals surface area contributed by atoms with Gasteiger partial charge in [0.1, 0.15) is 6.07 Å². The molecule has 0 heterocycles. The molecule has 16 heavy (non-hydrogen) atoms. The minimum atomic E-state index is -0.918. The standard InChI is InChI=1S/C12H13NO3/c1-3-15-12(14)16-11(8-13)10-6-4-5-9(2)7-10/h4-7,11H,3H2,1-2H3/t11-/m1/s1. The molecule has 0 aliphatic rings. The number of aryl methyl sites for hydroxylation is 1. The van der Waals surface area contributed by atoms with Crippen molar-refractivity contribution in [3.05, 3.63) is 35.4 Å². The molecule has 1 aromatic rings. The highest BCUT2D eigenvalue weighted by molar-refractivity contribution is 5.60. The molecule has 0 aromatic heterocycles. The summed E-state index contributed by atoms with van der Waals surface area (Å²) in [6.07, 6.45) is -1.74. The Labute approximate surface area is 94.4 Å². The number of ether oxygens (including phenoxy) is 2. The van der Waals surface area contributed by atoms with Gasteiger partial charge in [0.2, 0.25) is 6.10 Å². The maximum absolute atomic E-state index is 11.1. The number of nitrogens with zero attached hydrogens (tertiary/aromatic N) is 1. The SMILES string of the molecule is CCOC(=O)O[C@H](C#N)c1cccc(C)c1. The molecule has 0 spiro atoms. The summed E-state index contributed by atoms with van der Waals surface area (Å²) in [4.78, 5) is 11.1. The van der Waals surface area contributed by atoms with E-state index in [9.17, 15) is 4.79 Å². The van der Waals surface area contributed by atoms with Crippen LogP contribution in [-0.2, 0) is 9.47 Å². The van der Waals surface area contributed by atoms with Crippen molar-refractivity contribution in [3.63, 3.8) is 0 Å². The summed E-state index contributed by atoms with van der Waals surface area (Å²) >= 11 is 0. The lowest BCUT2D eigenvalue weighted by Crippen LogP contribution is -2.11. The minimum Gasteiger partial charge on any atom is -0.435 e. The van der Waals surface area contributed by atoms with Gasteiger partial charge in [-0.05, 0) is 13.8 Å². The van der Waals surface area contributed by atoms with Crippen LogP contribution in [0.25, 0.3) is 0 Å². The Hall–Kier alpha value is -2.02. The molecule has 84 valence electrons. The molecule has 0 fully saturated rings. The fourth-order valence-electron chi connectivity index (χ4n) is 1.25. The van der Waals surface area contributed by atoms with E-state index in [-0.39, 0.29) is 6.61 Å². The van der Waals surface area contributed by atoms with Crippen LogP contribution < -0.4 is 0 Å². The summed E-state index contributed by atoms with van der Waals surface area (Å²) in [5.41, 5.74) is 1.65. The third kappa shape index (κ3) is 3.28. The first kappa shape index (κ1) is 12.1. The van der Waals surface area contributed by atoms with Gasteiger partial charge in [-0.15, -0.1) is 0 Å². The Morgan fingerprint density at radius 2 is 2.31 bits per heavy atom. The lowest BCUT2D eigenvalue weighted by atomic mass is 10.1. The molecule has 0 aliphatic carbocycles. The molecular weight excluding hydrogens is 206 g/mol. The van der Waals surface area contributed by atoms with E-state index >= 15 is 0 Å². The van der Waals surface area contributed by atoms with Gasteiger partial charge in [-0.3, -0.25) is 0 Å². The Morgan fingerprint density at radius 3 is 2.88 bits per heavy atom. The fraction of sp³-hybridized carbons (Fsp3) is 0.333. The highest BCUT2D eigenvalue weighted by Gasteiger charge is 2.16. The maximum atomic E-state index is 11.1. The average molecular weight is 219 g/mol. The molecule has 0 radical (unpaired) electrons. The Morgan fingerprint density at radius 1 is 1.56 bits per heavy atom. The van der Waals surface area contributed by atoms with Gasteiger partial charge >= 0.3 is 6.16 Å². The van der Waals surface area contributed by atoms with Crippen LogP contribution in [0.3, 0.4) is 0 Å². The molecule has 0 amide bonds. The summed E-state index contributed by atoms with van der Waals surface area (Å²) in [6, 6.07) is 9.16. The lowest BCUT2D eigenvalue weighted by Gasteiger charge is -2.11. The molecule has 0 bridgehead atoms. The normalized spacial score (nSPS) is 11.3. The summed E-state index contributed by atoms with van der Waals surface area (Å²) in [7, 11) is 0. The van der Waals surface area contributed by atoms with E-state index in [1.165, 1.54) is 0 Å². The molecule has 0 saturated carbocycles. The fourth-order valence-corrected chi connectivity index (χ4v) is 1.25. The van der Waals surface area contributed by atoms with E-state index in [1.54, 1.807) is 19.1 Å². The van der Waals surface area contributed by atoms with Crippen molar-refractivity contribution in [1.29, 1.82) is 5.26 Å². The summed E-state index contributed by atoms with van der Waals surface area (Å²) in [5, 5.41) is 8.90. The summed E-state index contributed by atoms with van der Waals surface area (Å²) < 4.78 is 9.47. The molecule has 4 nitrogen and oxygen atoms in total. The predicted molar refractivity (Wildman–Crippen MR) is 57.6 cm³/mol. The number of hydrogen-bond donors (Lipinski definition) is 0. The van der Waals surface area contributed by atoms with E-state index in [4.69, 9.17) is 10.00 Å². The second kappa shape index (κ2) is 5.76. The Bertz CT molecular complexity index is 409. The first-order valence-electron chi connectivity index (χ1n) is 4.97. The number of carbonyl (C=O) groups excluding carboxylic acids is 1. The van der Waals surface area contributed by atoms with Crippen molar-refractivity contribution in [2.24, 2.45) is 0 Å². The van der Waals surface area contributed by atoms with Gasteiger partial charge < -0.3 is 9.47 Å². The smallest absolute Gasteiger partial charge is 0.435 e. The van der Waals surface area contributed by atoms with Gasteiger partial charge in [0.15, 0.2) is 0 Å². The maximum Gasteiger partial charge on any atom is 0.509 e. The van der Waals surface area contributed by atoms with Crippen LogP contribution in [0, 0.1) is 18.3 Å². The van der Waals surface area contributed by atoms with Crippen molar-refractivity contribution in [1.82, 2.24) is 0 Å². The third-order valence-corrected chi connectivity index (χ3v) is 1.94. The van der Waals surface area contributed by atoms with Crippen molar-refractivity contribution >= 4 is 6.16 Å². The zero-order valence-electron chi connectivity index (χ0n) is 9.27. The molecular formula is C12H13NO3. The number of benzene rings is 1. The van der Waals surface area contributed by atoms with Gasteiger partial charge in [-0.1, -0.05) is 29.8 Å². The van der Waals surface area contributed by atoms with Crippen LogP contribution >= 0.6 is 0 Å². The molecule has 0 saturated heterocycles. The summed E-state index contributed by atoms with van der Waals surface area (Å²) in [6.45, 7) is 3.81. The zero-order valence-corrected chi connectivity index (χ0v) is 9.27. The molecule has 0 aliphatic heterocycles. The Kier molecular flexibility index (Phi) is 4.34. The van der Waals surface area contributed by atoms with Crippen LogP contribution in [0.5, 0.6) is 0 Å². The van der Waals surface area contributed by atoms with Crippen LogP contribution in [0.4, 0.5) is 4.79 Å². The predicted octanol–water partition coefficient (Wildman–Crippen LogP) is 2.73. The zero-order chi connectivity index (χ0) is 12.0. The number of rotatable bonds is 3. The van der Waals surface area contributed by atoms with E-state index in [2.05, 4.69) is 4.74 Å². The first-order chi connectivity index (χ1) is 7.67. The van der Waals surface area contributed by atoms with Crippen molar-refractivity contribution in [2.75, 3.05) is 6.61 Å². The summed E-state index contributed by atoms with van der Waals surface area (Å²) in [5.74, 6) is 0. The van der Waals surface area contributed by atoms with E-state index < -0.39 is 12.3 Å². The van der Waals surface area contributed by atoms with Crippen LogP contribution in [0.2, 0.25) is 0 Å². The minimum absolute atomic E-state index is 0.227. The molecule has 1 rings (SSSR count). The van der Waals surface area contributed by atoms with E-state index in [1.807, 2.05) is 25.1 Å². The van der Waals surface area contributed by atoms with Gasteiger partial charge in [0, 0.05) is 5.56 Å². The lowest BCUT2D eigenvalue weighted by molar-refractivity contribution is 0.0421. The van der Waals surface area contributed by atoms with Crippen molar-refractivity contribution in [2.45, 2.75) is 20.0 Å². The van der Waals surface area contributed by atoms with Gasteiger partial charge in [-0.25, -0.2) is 4.79 Å². The highest BCUT2D eigenvalue weighted by Crippen LogP contribution is 2.18. The second-order valence-corrected chi connectivity index (χ2v) is 3.22. The average Bonchev–Trinajstić information content (AvgIpc) is 2.26. The third-order valence-electron chi connectivity index (χ3n) is 1.94.